The smallest absolute Gasteiger partial charge is 0.265 e. The van der Waals surface area contributed by atoms with Crippen molar-refractivity contribution in [1.29, 1.82) is 0 Å². The van der Waals surface area contributed by atoms with Gasteiger partial charge in [0.15, 0.2) is 6.61 Å². The zero-order chi connectivity index (χ0) is 22.7. The lowest BCUT2D eigenvalue weighted by molar-refractivity contribution is -0.123. The number of amides is 2. The van der Waals surface area contributed by atoms with Gasteiger partial charge in [-0.25, -0.2) is 12.8 Å². The summed E-state index contributed by atoms with van der Waals surface area (Å²) in [6.45, 7) is 0.326. The van der Waals surface area contributed by atoms with Gasteiger partial charge in [-0.3, -0.25) is 14.5 Å². The average molecular weight is 462 g/mol. The highest BCUT2D eigenvalue weighted by Crippen LogP contribution is 2.35. The summed E-state index contributed by atoms with van der Waals surface area (Å²) in [4.78, 5) is 26.3. The van der Waals surface area contributed by atoms with Crippen LogP contribution in [0.2, 0.25) is 0 Å². The van der Waals surface area contributed by atoms with E-state index in [9.17, 15) is 22.4 Å². The zero-order valence-electron chi connectivity index (χ0n) is 17.4. The summed E-state index contributed by atoms with van der Waals surface area (Å²) in [7, 11) is -3.74. The zero-order valence-corrected chi connectivity index (χ0v) is 18.2. The third kappa shape index (κ3) is 4.76. The number of rotatable bonds is 5. The van der Waals surface area contributed by atoms with Gasteiger partial charge in [0, 0.05) is 18.8 Å². The van der Waals surface area contributed by atoms with E-state index in [0.29, 0.717) is 24.5 Å². The largest absolute Gasteiger partial charge is 0.482 e. The van der Waals surface area contributed by atoms with Gasteiger partial charge in [-0.05, 0) is 55.3 Å². The van der Waals surface area contributed by atoms with Crippen LogP contribution in [0.4, 0.5) is 15.8 Å². The van der Waals surface area contributed by atoms with E-state index in [-0.39, 0.29) is 23.7 Å². The second kappa shape index (κ2) is 9.25. The molecule has 0 saturated carbocycles. The van der Waals surface area contributed by atoms with Crippen molar-refractivity contribution < 1.29 is 27.1 Å². The number of nitrogens with one attached hydrogen (secondary N) is 1. The first-order chi connectivity index (χ1) is 15.3. The molecule has 2 heterocycles. The van der Waals surface area contributed by atoms with Crippen molar-refractivity contribution in [2.75, 3.05) is 36.5 Å². The third-order valence-electron chi connectivity index (χ3n) is 5.51. The fourth-order valence-corrected chi connectivity index (χ4v) is 5.36. The normalized spacial score (nSPS) is 17.3. The fraction of sp³-hybridized carbons (Fsp3) is 0.364. The monoisotopic (exact) mass is 461 g/mol. The number of hydrogen-bond donors (Lipinski definition) is 1. The van der Waals surface area contributed by atoms with Gasteiger partial charge in [0.2, 0.25) is 15.9 Å². The van der Waals surface area contributed by atoms with Crippen LogP contribution < -0.4 is 15.0 Å². The molecule has 1 N–H and O–H groups in total. The Balaban J connectivity index is 1.58. The van der Waals surface area contributed by atoms with Gasteiger partial charge >= 0.3 is 0 Å². The van der Waals surface area contributed by atoms with Crippen LogP contribution in [0.3, 0.4) is 0 Å². The number of carbonyl (C=O) groups is 2. The lowest BCUT2D eigenvalue weighted by atomic mass is 10.2. The van der Waals surface area contributed by atoms with Crippen molar-refractivity contribution in [2.45, 2.75) is 30.6 Å². The van der Waals surface area contributed by atoms with E-state index in [4.69, 9.17) is 4.74 Å². The van der Waals surface area contributed by atoms with Crippen LogP contribution in [0, 0.1) is 5.82 Å². The Morgan fingerprint density at radius 2 is 1.72 bits per heavy atom. The summed E-state index contributed by atoms with van der Waals surface area (Å²) in [6.07, 6.45) is 3.61. The topological polar surface area (TPSA) is 96.0 Å². The first kappa shape index (κ1) is 22.2. The predicted octanol–water partition coefficient (Wildman–Crippen LogP) is 2.75. The van der Waals surface area contributed by atoms with E-state index in [1.54, 1.807) is 0 Å². The number of carbonyl (C=O) groups excluding carboxylic acids is 2. The predicted molar refractivity (Wildman–Crippen MR) is 117 cm³/mol. The Morgan fingerprint density at radius 3 is 2.41 bits per heavy atom. The van der Waals surface area contributed by atoms with Gasteiger partial charge < -0.3 is 10.1 Å². The minimum absolute atomic E-state index is 0.0559. The minimum Gasteiger partial charge on any atom is -0.482 e. The highest BCUT2D eigenvalue weighted by atomic mass is 32.2. The van der Waals surface area contributed by atoms with E-state index in [2.05, 4.69) is 5.32 Å². The maximum absolute atomic E-state index is 13.2. The van der Waals surface area contributed by atoms with Crippen molar-refractivity contribution in [3.8, 4) is 5.75 Å². The van der Waals surface area contributed by atoms with Gasteiger partial charge in [0.1, 0.15) is 18.1 Å². The Hall–Kier alpha value is -2.98. The quantitative estimate of drug-likeness (QED) is 0.739. The van der Waals surface area contributed by atoms with Crippen LogP contribution >= 0.6 is 0 Å². The van der Waals surface area contributed by atoms with Gasteiger partial charge in [-0.2, -0.15) is 4.31 Å². The van der Waals surface area contributed by atoms with Gasteiger partial charge in [0.25, 0.3) is 5.91 Å². The maximum atomic E-state index is 13.2. The number of ether oxygens (including phenoxy) is 1. The summed E-state index contributed by atoms with van der Waals surface area (Å²) in [5.41, 5.74) is 0.612. The molecule has 2 aliphatic heterocycles. The summed E-state index contributed by atoms with van der Waals surface area (Å²) in [5.74, 6) is -1.07. The molecule has 0 aliphatic carbocycles. The van der Waals surface area contributed by atoms with Crippen LogP contribution in [0.15, 0.2) is 47.4 Å². The first-order valence-corrected chi connectivity index (χ1v) is 11.9. The summed E-state index contributed by atoms with van der Waals surface area (Å²) in [6, 6.07) is 9.61. The molecule has 2 aromatic rings. The van der Waals surface area contributed by atoms with Crippen LogP contribution in [-0.2, 0) is 19.6 Å². The highest BCUT2D eigenvalue weighted by molar-refractivity contribution is 7.89. The van der Waals surface area contributed by atoms with Crippen molar-refractivity contribution in [1.82, 2.24) is 4.31 Å². The SMILES string of the molecule is O=C(CN1C(=O)COc2ccc(S(=O)(=O)N3CCCCCC3)cc21)Nc1ccc(F)cc1. The number of hydrogen-bond acceptors (Lipinski definition) is 5. The van der Waals surface area contributed by atoms with Crippen LogP contribution in [0.25, 0.3) is 0 Å². The van der Waals surface area contributed by atoms with Crippen LogP contribution in [0.1, 0.15) is 25.7 Å². The molecule has 170 valence electrons. The molecule has 0 bridgehead atoms. The van der Waals surface area contributed by atoms with Gasteiger partial charge in [-0.1, -0.05) is 12.8 Å². The number of fused-ring (bicyclic) bond motifs is 1. The van der Waals surface area contributed by atoms with Crippen molar-refractivity contribution in [2.24, 2.45) is 0 Å². The summed E-state index contributed by atoms with van der Waals surface area (Å²) < 4.78 is 46.3. The Morgan fingerprint density at radius 1 is 1.03 bits per heavy atom. The lowest BCUT2D eigenvalue weighted by Gasteiger charge is -2.30. The standard InChI is InChI=1S/C22H24FN3O5S/c23-16-5-7-17(8-6-16)24-21(27)14-26-19-13-18(9-10-20(19)31-15-22(26)28)32(29,30)25-11-3-1-2-4-12-25/h5-10,13H,1-4,11-12,14-15H2,(H,24,27). The minimum atomic E-state index is -3.74. The molecule has 0 atom stereocenters. The second-order valence-electron chi connectivity index (χ2n) is 7.77. The Bertz CT molecular complexity index is 1110. The van der Waals surface area contributed by atoms with Crippen molar-refractivity contribution in [3.05, 3.63) is 48.3 Å². The molecular formula is C22H24FN3O5S. The van der Waals surface area contributed by atoms with Gasteiger partial charge in [-0.15, -0.1) is 0 Å². The average Bonchev–Trinajstić information content (AvgIpc) is 3.07. The fourth-order valence-electron chi connectivity index (χ4n) is 3.82. The summed E-state index contributed by atoms with van der Waals surface area (Å²) in [5, 5.41) is 2.60. The Kier molecular flexibility index (Phi) is 6.43. The molecule has 0 aromatic heterocycles. The number of sulfonamides is 1. The third-order valence-corrected chi connectivity index (χ3v) is 7.40. The molecule has 1 fully saturated rings. The molecule has 0 spiro atoms. The highest BCUT2D eigenvalue weighted by Gasteiger charge is 2.31. The Labute approximate surface area is 186 Å². The van der Waals surface area contributed by atoms with Gasteiger partial charge in [0.05, 0.1) is 10.6 Å². The molecule has 4 rings (SSSR count). The molecule has 2 amide bonds. The van der Waals surface area contributed by atoms with Crippen molar-refractivity contribution >= 4 is 33.2 Å². The van der Waals surface area contributed by atoms with E-state index < -0.39 is 27.7 Å². The number of anilines is 2. The van der Waals surface area contributed by atoms with Crippen LogP contribution in [-0.4, -0.2) is 50.8 Å². The maximum Gasteiger partial charge on any atom is 0.265 e. The number of halogens is 1. The molecule has 0 unspecified atom stereocenters. The molecule has 0 radical (unpaired) electrons. The molecule has 1 saturated heterocycles. The molecule has 8 nitrogen and oxygen atoms in total. The molecule has 32 heavy (non-hydrogen) atoms. The van der Waals surface area contributed by atoms with E-state index in [1.807, 2.05) is 0 Å². The van der Waals surface area contributed by atoms with E-state index in [1.165, 1.54) is 51.7 Å². The van der Waals surface area contributed by atoms with Crippen LogP contribution in [0.5, 0.6) is 5.75 Å². The summed E-state index contributed by atoms with van der Waals surface area (Å²) >= 11 is 0. The first-order valence-electron chi connectivity index (χ1n) is 10.5. The second-order valence-corrected chi connectivity index (χ2v) is 9.71. The number of nitrogens with zero attached hydrogens (tertiary/aromatic N) is 2. The molecule has 2 aliphatic rings. The molecular weight excluding hydrogens is 437 g/mol. The molecule has 10 heteroatoms. The lowest BCUT2D eigenvalue weighted by Crippen LogP contribution is -2.43. The van der Waals surface area contributed by atoms with Crippen molar-refractivity contribution in [3.63, 3.8) is 0 Å². The number of benzene rings is 2. The molecule has 2 aromatic carbocycles. The van der Waals surface area contributed by atoms with E-state index >= 15 is 0 Å². The van der Waals surface area contributed by atoms with E-state index in [0.717, 1.165) is 25.7 Å².